The number of amides is 1. The molecular weight excluding hydrogens is 428 g/mol. The summed E-state index contributed by atoms with van der Waals surface area (Å²) in [6.07, 6.45) is 0. The molecule has 1 heterocycles. The number of rotatable bonds is 8. The lowest BCUT2D eigenvalue weighted by atomic mass is 10.1. The molecule has 0 saturated heterocycles. The number of ether oxygens (including phenoxy) is 2. The second-order valence-electron chi connectivity index (χ2n) is 7.63. The number of methoxy groups -OCH3 is 1. The van der Waals surface area contributed by atoms with Gasteiger partial charge in [-0.1, -0.05) is 6.07 Å². The third kappa shape index (κ3) is 6.54. The van der Waals surface area contributed by atoms with E-state index in [1.165, 1.54) is 41.5 Å². The Labute approximate surface area is 180 Å². The van der Waals surface area contributed by atoms with Crippen LogP contribution in [0.15, 0.2) is 40.6 Å². The van der Waals surface area contributed by atoms with Crippen LogP contribution in [0.5, 0.6) is 5.75 Å². The Morgan fingerprint density at radius 3 is 2.47 bits per heavy atom. The minimum atomic E-state index is -3.95. The Bertz CT molecular complexity index is 995. The highest BCUT2D eigenvalue weighted by molar-refractivity contribution is 7.89. The van der Waals surface area contributed by atoms with Gasteiger partial charge < -0.3 is 14.4 Å². The van der Waals surface area contributed by atoms with Gasteiger partial charge in [0.05, 0.1) is 19.2 Å². The zero-order valence-corrected chi connectivity index (χ0v) is 19.2. The third-order valence-electron chi connectivity index (χ3n) is 3.85. The lowest BCUT2D eigenvalue weighted by molar-refractivity contribution is -0.133. The van der Waals surface area contributed by atoms with E-state index in [-0.39, 0.29) is 22.1 Å². The molecule has 0 aliphatic carbocycles. The number of benzene rings is 1. The first-order valence-corrected chi connectivity index (χ1v) is 11.4. The van der Waals surface area contributed by atoms with Crippen LogP contribution in [0.1, 0.15) is 36.0 Å². The third-order valence-corrected chi connectivity index (χ3v) is 6.50. The molecule has 2 aromatic rings. The van der Waals surface area contributed by atoms with Crippen LogP contribution in [0.25, 0.3) is 0 Å². The molecular formula is C20H26N2O6S2. The van der Waals surface area contributed by atoms with Gasteiger partial charge in [0.1, 0.15) is 10.6 Å². The summed E-state index contributed by atoms with van der Waals surface area (Å²) < 4.78 is 38.2. The number of nitrogens with zero attached hydrogens (tertiary/aromatic N) is 1. The van der Waals surface area contributed by atoms with E-state index >= 15 is 0 Å². The Morgan fingerprint density at radius 2 is 1.90 bits per heavy atom. The molecule has 2 rings (SSSR count). The Hall–Kier alpha value is -2.43. The van der Waals surface area contributed by atoms with Crippen molar-refractivity contribution in [3.63, 3.8) is 0 Å². The van der Waals surface area contributed by atoms with Crippen LogP contribution in [0, 0.1) is 0 Å². The molecule has 1 amide bonds. The highest BCUT2D eigenvalue weighted by Gasteiger charge is 2.27. The van der Waals surface area contributed by atoms with Gasteiger partial charge in [-0.25, -0.2) is 17.9 Å². The van der Waals surface area contributed by atoms with Crippen molar-refractivity contribution in [1.82, 2.24) is 9.62 Å². The first-order chi connectivity index (χ1) is 13.9. The molecule has 0 radical (unpaired) electrons. The van der Waals surface area contributed by atoms with Crippen LogP contribution in [-0.2, 0) is 26.1 Å². The minimum Gasteiger partial charge on any atom is -0.495 e. The topological polar surface area (TPSA) is 102 Å². The molecule has 1 N–H and O–H groups in total. The molecule has 0 bridgehead atoms. The number of nitrogens with one attached hydrogen (secondary N) is 1. The van der Waals surface area contributed by atoms with Crippen LogP contribution in [0.4, 0.5) is 0 Å². The Balaban J connectivity index is 2.11. The fourth-order valence-corrected chi connectivity index (χ4v) is 4.89. The van der Waals surface area contributed by atoms with Crippen molar-refractivity contribution in [3.05, 3.63) is 46.2 Å². The molecule has 0 saturated carbocycles. The first-order valence-electron chi connectivity index (χ1n) is 9.08. The van der Waals surface area contributed by atoms with Gasteiger partial charge in [0.2, 0.25) is 10.0 Å². The molecule has 1 aromatic heterocycles. The minimum absolute atomic E-state index is 0.00112. The highest BCUT2D eigenvalue weighted by atomic mass is 32.2. The number of carbonyl (C=O) groups is 2. The van der Waals surface area contributed by atoms with Crippen molar-refractivity contribution in [2.45, 2.75) is 37.8 Å². The van der Waals surface area contributed by atoms with E-state index in [1.54, 1.807) is 27.8 Å². The normalized spacial score (nSPS) is 11.8. The van der Waals surface area contributed by atoms with Crippen molar-refractivity contribution in [2.75, 3.05) is 20.8 Å². The predicted molar refractivity (Wildman–Crippen MR) is 114 cm³/mol. The second kappa shape index (κ2) is 9.59. The number of hydrogen-bond acceptors (Lipinski definition) is 7. The lowest BCUT2D eigenvalue weighted by Gasteiger charge is -2.21. The van der Waals surface area contributed by atoms with Gasteiger partial charge in [-0.15, -0.1) is 11.3 Å². The number of hydrogen-bond donors (Lipinski definition) is 1. The summed E-state index contributed by atoms with van der Waals surface area (Å²) >= 11 is 1.52. The van der Waals surface area contributed by atoms with E-state index in [0.717, 1.165) is 4.88 Å². The van der Waals surface area contributed by atoms with Gasteiger partial charge in [0, 0.05) is 17.5 Å². The average molecular weight is 455 g/mol. The van der Waals surface area contributed by atoms with Crippen LogP contribution in [-0.4, -0.2) is 51.5 Å². The maximum atomic E-state index is 12.7. The zero-order valence-electron chi connectivity index (χ0n) is 17.6. The van der Waals surface area contributed by atoms with Gasteiger partial charge >= 0.3 is 5.97 Å². The molecule has 0 unspecified atom stereocenters. The van der Waals surface area contributed by atoms with Crippen LogP contribution < -0.4 is 9.46 Å². The van der Waals surface area contributed by atoms with Crippen molar-refractivity contribution < 1.29 is 27.5 Å². The van der Waals surface area contributed by atoms with E-state index in [2.05, 4.69) is 4.72 Å². The maximum absolute atomic E-state index is 12.7. The van der Waals surface area contributed by atoms with Crippen molar-refractivity contribution in [2.24, 2.45) is 0 Å². The monoisotopic (exact) mass is 454 g/mol. The van der Waals surface area contributed by atoms with Crippen molar-refractivity contribution in [3.8, 4) is 5.75 Å². The molecule has 10 heteroatoms. The second-order valence-corrected chi connectivity index (χ2v) is 10.3. The Morgan fingerprint density at radius 1 is 1.20 bits per heavy atom. The quantitative estimate of drug-likeness (QED) is 0.615. The standard InChI is InChI=1S/C20H26N2O6S2/c1-20(2,3)21-30(25,26)17-11-14(8-9-16(17)27-5)19(24)28-13-18(23)22(4)12-15-7-6-10-29-15/h6-11,21H,12-13H2,1-5H3. The summed E-state index contributed by atoms with van der Waals surface area (Å²) in [5.74, 6) is -1.08. The van der Waals surface area contributed by atoms with E-state index in [9.17, 15) is 18.0 Å². The van der Waals surface area contributed by atoms with E-state index in [4.69, 9.17) is 9.47 Å². The van der Waals surface area contributed by atoms with Gasteiger partial charge in [-0.2, -0.15) is 0 Å². The largest absolute Gasteiger partial charge is 0.495 e. The summed E-state index contributed by atoms with van der Waals surface area (Å²) in [5, 5.41) is 1.91. The van der Waals surface area contributed by atoms with E-state index in [0.29, 0.717) is 6.54 Å². The van der Waals surface area contributed by atoms with Gasteiger partial charge in [0.25, 0.3) is 5.91 Å². The average Bonchev–Trinajstić information content (AvgIpc) is 3.16. The lowest BCUT2D eigenvalue weighted by Crippen LogP contribution is -2.40. The summed E-state index contributed by atoms with van der Waals surface area (Å²) in [6, 6.07) is 7.73. The zero-order chi connectivity index (χ0) is 22.5. The summed E-state index contributed by atoms with van der Waals surface area (Å²) in [7, 11) is -0.991. The fraction of sp³-hybridized carbons (Fsp3) is 0.400. The van der Waals surface area contributed by atoms with Crippen molar-refractivity contribution >= 4 is 33.2 Å². The molecule has 0 aliphatic rings. The van der Waals surface area contributed by atoms with Crippen LogP contribution in [0.2, 0.25) is 0 Å². The molecule has 0 atom stereocenters. The molecule has 164 valence electrons. The number of carbonyl (C=O) groups excluding carboxylic acids is 2. The SMILES string of the molecule is COc1ccc(C(=O)OCC(=O)N(C)Cc2cccs2)cc1S(=O)(=O)NC(C)(C)C. The number of likely N-dealkylation sites (N-methyl/N-ethyl adjacent to an activating group) is 1. The van der Waals surface area contributed by atoms with Gasteiger partial charge in [-0.05, 0) is 50.4 Å². The fourth-order valence-electron chi connectivity index (χ4n) is 2.52. The van der Waals surface area contributed by atoms with Crippen LogP contribution >= 0.6 is 11.3 Å². The van der Waals surface area contributed by atoms with Crippen LogP contribution in [0.3, 0.4) is 0 Å². The molecule has 0 spiro atoms. The number of thiophene rings is 1. The summed E-state index contributed by atoms with van der Waals surface area (Å²) in [6.45, 7) is 5.07. The Kier molecular flexibility index (Phi) is 7.62. The highest BCUT2D eigenvalue weighted by Crippen LogP contribution is 2.26. The molecule has 8 nitrogen and oxygen atoms in total. The van der Waals surface area contributed by atoms with Gasteiger partial charge in [0.15, 0.2) is 6.61 Å². The first kappa shape index (κ1) is 23.8. The van der Waals surface area contributed by atoms with E-state index < -0.39 is 28.1 Å². The smallest absolute Gasteiger partial charge is 0.338 e. The molecule has 0 fully saturated rings. The van der Waals surface area contributed by atoms with E-state index in [1.807, 2.05) is 17.5 Å². The summed E-state index contributed by atoms with van der Waals surface area (Å²) in [4.78, 5) is 26.9. The number of sulfonamides is 1. The molecule has 0 aliphatic heterocycles. The van der Waals surface area contributed by atoms with Gasteiger partial charge in [-0.3, -0.25) is 4.79 Å². The molecule has 30 heavy (non-hydrogen) atoms. The number of esters is 1. The maximum Gasteiger partial charge on any atom is 0.338 e. The predicted octanol–water partition coefficient (Wildman–Crippen LogP) is 2.65. The summed E-state index contributed by atoms with van der Waals surface area (Å²) in [5.41, 5.74) is -0.723. The van der Waals surface area contributed by atoms with Crippen molar-refractivity contribution in [1.29, 1.82) is 0 Å². The molecule has 1 aromatic carbocycles.